The van der Waals surface area contributed by atoms with Gasteiger partial charge < -0.3 is 0 Å². The number of hydrogen-bond donors (Lipinski definition) is 1. The summed E-state index contributed by atoms with van der Waals surface area (Å²) in [5.74, 6) is 1.31. The second-order valence-electron chi connectivity index (χ2n) is 6.03. The fourth-order valence-electron chi connectivity index (χ4n) is 3.66. The molecule has 0 aromatic carbocycles. The number of aromatic nitrogens is 1. The van der Waals surface area contributed by atoms with E-state index >= 15 is 0 Å². The van der Waals surface area contributed by atoms with E-state index in [0.29, 0.717) is 6.17 Å². The molecule has 1 atom stereocenters. The highest BCUT2D eigenvalue weighted by atomic mass is 15.6. The van der Waals surface area contributed by atoms with Crippen LogP contribution in [0.25, 0.3) is 0 Å². The van der Waals surface area contributed by atoms with Gasteiger partial charge in [-0.3, -0.25) is 0 Å². The van der Waals surface area contributed by atoms with Crippen molar-refractivity contribution in [3.05, 3.63) is 30.1 Å². The molecule has 0 spiro atoms. The molecule has 108 valence electrons. The zero-order chi connectivity index (χ0) is 14.3. The Morgan fingerprint density at radius 1 is 1.35 bits per heavy atom. The molecule has 1 unspecified atom stereocenters. The van der Waals surface area contributed by atoms with E-state index in [1.165, 1.54) is 30.8 Å². The predicted molar refractivity (Wildman–Crippen MR) is 79.4 cm³/mol. The largest absolute Gasteiger partial charge is 0.364 e. The van der Waals surface area contributed by atoms with Gasteiger partial charge in [0, 0.05) is 25.0 Å². The van der Waals surface area contributed by atoms with E-state index in [1.807, 2.05) is 0 Å². The lowest BCUT2D eigenvalue weighted by Gasteiger charge is -2.24. The van der Waals surface area contributed by atoms with Gasteiger partial charge in [-0.05, 0) is 13.0 Å². The molecule has 4 heteroatoms. The molecule has 20 heavy (non-hydrogen) atoms. The summed E-state index contributed by atoms with van der Waals surface area (Å²) in [7, 11) is 2.18. The zero-order valence-corrected chi connectivity index (χ0v) is 13.1. The normalized spacial score (nSPS) is 24.4. The smallest absolute Gasteiger partial charge is 0.238 e. The minimum atomic E-state index is 0.236. The van der Waals surface area contributed by atoms with Crippen LogP contribution in [0.5, 0.6) is 0 Å². The highest BCUT2D eigenvalue weighted by Crippen LogP contribution is 2.27. The Hall–Kier alpha value is -1.42. The molecule has 0 radical (unpaired) electrons. The molecular weight excluding hydrogens is 248 g/mol. The molecule has 3 rings (SSSR count). The van der Waals surface area contributed by atoms with Crippen molar-refractivity contribution in [2.75, 3.05) is 13.6 Å². The third kappa shape index (κ3) is 1.78. The molecule has 2 aliphatic heterocycles. The summed E-state index contributed by atoms with van der Waals surface area (Å²) in [4.78, 5) is 0. The number of hydrogen-bond acceptors (Lipinski definition) is 2. The quantitative estimate of drug-likeness (QED) is 0.825. The first kappa shape index (κ1) is 13.6. The fourth-order valence-corrected chi connectivity index (χ4v) is 3.66. The Morgan fingerprint density at radius 3 is 2.80 bits per heavy atom. The number of fused-ring (bicyclic) bond motifs is 3. The molecule has 3 heterocycles. The van der Waals surface area contributed by atoms with Crippen molar-refractivity contribution in [3.8, 4) is 0 Å². The number of nitrogens with one attached hydrogen (secondary N) is 1. The van der Waals surface area contributed by atoms with Gasteiger partial charge in [0.1, 0.15) is 6.54 Å². The van der Waals surface area contributed by atoms with Crippen LogP contribution < -0.4 is 9.99 Å². The fraction of sp³-hybridized carbons (Fsp3) is 0.625. The topological polar surface area (TPSA) is 22.2 Å². The molecule has 0 fully saturated rings. The van der Waals surface area contributed by atoms with Crippen LogP contribution in [0, 0.1) is 0 Å². The van der Waals surface area contributed by atoms with Gasteiger partial charge >= 0.3 is 5.84 Å². The molecule has 0 bridgehead atoms. The molecule has 1 aromatic rings. The maximum absolute atomic E-state index is 3.58. The van der Waals surface area contributed by atoms with Gasteiger partial charge in [-0.2, -0.15) is 9.58 Å². The number of rotatable bonds is 2. The van der Waals surface area contributed by atoms with E-state index in [1.54, 1.807) is 0 Å². The zero-order valence-electron chi connectivity index (χ0n) is 13.1. The van der Waals surface area contributed by atoms with Crippen LogP contribution in [0.4, 0.5) is 0 Å². The van der Waals surface area contributed by atoms with Crippen LogP contribution in [-0.4, -0.2) is 35.2 Å². The average molecular weight is 274 g/mol. The molecule has 0 saturated heterocycles. The number of pyridine rings is 1. The summed E-state index contributed by atoms with van der Waals surface area (Å²) in [5, 5.41) is 2.34. The summed E-state index contributed by atoms with van der Waals surface area (Å²) in [6.45, 7) is 7.90. The first-order valence-electron chi connectivity index (χ1n) is 7.78. The third-order valence-corrected chi connectivity index (χ3v) is 5.23. The van der Waals surface area contributed by atoms with E-state index in [-0.39, 0.29) is 5.54 Å². The van der Waals surface area contributed by atoms with Gasteiger partial charge in [0.15, 0.2) is 17.9 Å². The maximum Gasteiger partial charge on any atom is 0.364 e. The van der Waals surface area contributed by atoms with Gasteiger partial charge in [0.05, 0.1) is 13.5 Å². The minimum Gasteiger partial charge on any atom is -0.238 e. The predicted octanol–water partition coefficient (Wildman–Crippen LogP) is 1.45. The van der Waals surface area contributed by atoms with Gasteiger partial charge in [0.2, 0.25) is 0 Å². The lowest BCUT2D eigenvalue weighted by atomic mass is 9.88. The van der Waals surface area contributed by atoms with Crippen molar-refractivity contribution in [2.24, 2.45) is 0 Å². The van der Waals surface area contributed by atoms with E-state index in [4.69, 9.17) is 0 Å². The summed E-state index contributed by atoms with van der Waals surface area (Å²) < 4.78 is 4.85. The molecule has 0 aliphatic carbocycles. The molecule has 4 nitrogen and oxygen atoms in total. The van der Waals surface area contributed by atoms with Crippen LogP contribution in [0.2, 0.25) is 0 Å². The summed E-state index contributed by atoms with van der Waals surface area (Å²) >= 11 is 0. The van der Waals surface area contributed by atoms with Crippen LogP contribution >= 0.6 is 0 Å². The summed E-state index contributed by atoms with van der Waals surface area (Å²) in [6, 6.07) is 6.56. The Bertz CT molecular complexity index is 545. The van der Waals surface area contributed by atoms with Gasteiger partial charge in [0.25, 0.3) is 5.69 Å². The highest BCUT2D eigenvalue weighted by molar-refractivity contribution is 5.92. The van der Waals surface area contributed by atoms with Gasteiger partial charge in [-0.1, -0.05) is 13.8 Å². The molecular formula is C16H26N4+2. The lowest BCUT2D eigenvalue weighted by molar-refractivity contribution is -0.768. The third-order valence-electron chi connectivity index (χ3n) is 5.23. The number of nitrogens with zero attached hydrogens (tertiary/aromatic N) is 3. The first-order chi connectivity index (χ1) is 9.63. The van der Waals surface area contributed by atoms with Crippen molar-refractivity contribution in [1.82, 2.24) is 10.4 Å². The summed E-state index contributed by atoms with van der Waals surface area (Å²) in [5.41, 5.74) is 5.14. The molecule has 2 aliphatic rings. The number of amidine groups is 1. The Balaban J connectivity index is 2.23. The molecule has 1 N–H and O–H groups in total. The van der Waals surface area contributed by atoms with Crippen LogP contribution in [0.15, 0.2) is 24.4 Å². The highest BCUT2D eigenvalue weighted by Gasteiger charge is 2.50. The van der Waals surface area contributed by atoms with Gasteiger partial charge in [-0.25, -0.2) is 4.58 Å². The number of hydrazine groups is 1. The van der Waals surface area contributed by atoms with Crippen molar-refractivity contribution in [1.29, 1.82) is 0 Å². The molecule has 1 aromatic heterocycles. The molecule has 0 saturated carbocycles. The SMILES string of the molecule is CCC1(CC)CCN2NC(C)[N+](C)=C2c2cccc[n+]21. The van der Waals surface area contributed by atoms with Crippen molar-refractivity contribution in [3.63, 3.8) is 0 Å². The monoisotopic (exact) mass is 274 g/mol. The minimum absolute atomic E-state index is 0.236. The maximum atomic E-state index is 3.58. The molecule has 0 amide bonds. The van der Waals surface area contributed by atoms with Crippen LogP contribution in [0.1, 0.15) is 45.7 Å². The average Bonchev–Trinajstić information content (AvgIpc) is 2.69. The van der Waals surface area contributed by atoms with Crippen molar-refractivity contribution in [2.45, 2.75) is 51.7 Å². The van der Waals surface area contributed by atoms with Crippen LogP contribution in [-0.2, 0) is 5.54 Å². The lowest BCUT2D eigenvalue weighted by Crippen LogP contribution is -2.58. The Kier molecular flexibility index (Phi) is 3.28. The van der Waals surface area contributed by atoms with Gasteiger partial charge in [-0.15, -0.1) is 5.43 Å². The second kappa shape index (κ2) is 4.85. The van der Waals surface area contributed by atoms with Crippen molar-refractivity contribution >= 4 is 5.84 Å². The van der Waals surface area contributed by atoms with Crippen molar-refractivity contribution < 1.29 is 9.14 Å². The van der Waals surface area contributed by atoms with E-state index in [2.05, 4.69) is 71.8 Å². The van der Waals surface area contributed by atoms with E-state index in [9.17, 15) is 0 Å². The standard InChI is InChI=1S/C16H25N4/c1-5-16(6-2)10-12-20-15(18(4)13(3)17-20)14-9-7-8-11-19(14)16/h7-9,11,13H,5-6,10,12H2,1-4H3/q+1/p+1. The van der Waals surface area contributed by atoms with Crippen LogP contribution in [0.3, 0.4) is 0 Å². The van der Waals surface area contributed by atoms with E-state index in [0.717, 1.165) is 6.54 Å². The first-order valence-corrected chi connectivity index (χ1v) is 7.78. The second-order valence-corrected chi connectivity index (χ2v) is 6.03. The summed E-state index contributed by atoms with van der Waals surface area (Å²) in [6.07, 6.45) is 6.14. The van der Waals surface area contributed by atoms with E-state index < -0.39 is 0 Å². The Labute approximate surface area is 121 Å². The Morgan fingerprint density at radius 2 is 2.10 bits per heavy atom.